The van der Waals surface area contributed by atoms with Crippen molar-refractivity contribution in [2.45, 2.75) is 26.2 Å². The van der Waals surface area contributed by atoms with Crippen LogP contribution >= 0.6 is 0 Å². The van der Waals surface area contributed by atoms with E-state index in [4.69, 9.17) is 0 Å². The Bertz CT molecular complexity index is 647. The zero-order valence-corrected chi connectivity index (χ0v) is 11.9. The van der Waals surface area contributed by atoms with E-state index in [2.05, 4.69) is 6.07 Å². The third kappa shape index (κ3) is 4.53. The van der Waals surface area contributed by atoms with Gasteiger partial charge in [-0.05, 0) is 24.5 Å². The maximum Gasteiger partial charge on any atom is 0.269 e. The van der Waals surface area contributed by atoms with Crippen LogP contribution in [0.25, 0.3) is 0 Å². The highest BCUT2D eigenvalue weighted by atomic mass is 16.6. The lowest BCUT2D eigenvalue weighted by atomic mass is 10.0. The van der Waals surface area contributed by atoms with Crippen LogP contribution < -0.4 is 0 Å². The van der Waals surface area contributed by atoms with Gasteiger partial charge in [0.25, 0.3) is 5.69 Å². The molecule has 0 heterocycles. The molecule has 0 spiro atoms. The summed E-state index contributed by atoms with van der Waals surface area (Å²) in [7, 11) is 0. The van der Waals surface area contributed by atoms with Crippen molar-refractivity contribution in [3.63, 3.8) is 0 Å². The van der Waals surface area contributed by atoms with Crippen LogP contribution in [0.15, 0.2) is 48.5 Å². The van der Waals surface area contributed by atoms with Crippen molar-refractivity contribution < 1.29 is 9.72 Å². The minimum Gasteiger partial charge on any atom is -0.299 e. The largest absolute Gasteiger partial charge is 0.299 e. The van der Waals surface area contributed by atoms with Gasteiger partial charge in [0.15, 0.2) is 0 Å². The van der Waals surface area contributed by atoms with Gasteiger partial charge in [-0.1, -0.05) is 42.0 Å². The van der Waals surface area contributed by atoms with Gasteiger partial charge in [0.1, 0.15) is 5.78 Å². The van der Waals surface area contributed by atoms with Gasteiger partial charge in [0.05, 0.1) is 4.92 Å². The van der Waals surface area contributed by atoms with Crippen LogP contribution in [0.1, 0.15) is 23.1 Å². The summed E-state index contributed by atoms with van der Waals surface area (Å²) in [4.78, 5) is 22.1. The fourth-order valence-corrected chi connectivity index (χ4v) is 2.20. The van der Waals surface area contributed by atoms with Crippen molar-refractivity contribution in [2.75, 3.05) is 0 Å². The molecule has 0 bridgehead atoms. The van der Waals surface area contributed by atoms with E-state index in [9.17, 15) is 14.9 Å². The number of carbonyl (C=O) groups is 1. The van der Waals surface area contributed by atoms with Crippen LogP contribution in [0.2, 0.25) is 0 Å². The SMILES string of the molecule is Cc1cccc(CCC(=O)Cc2ccc([N+](=O)[O-])cc2)c1. The smallest absolute Gasteiger partial charge is 0.269 e. The summed E-state index contributed by atoms with van der Waals surface area (Å²) in [5.74, 6) is 0.144. The fraction of sp³-hybridized carbons (Fsp3) is 0.235. The maximum atomic E-state index is 12.0. The molecule has 0 N–H and O–H groups in total. The summed E-state index contributed by atoms with van der Waals surface area (Å²) in [6.07, 6.45) is 1.54. The average Bonchev–Trinajstić information content (AvgIpc) is 2.46. The minimum absolute atomic E-state index is 0.0472. The molecular formula is C17H17NO3. The molecule has 2 aromatic carbocycles. The Balaban J connectivity index is 1.88. The number of aryl methyl sites for hydroxylation is 2. The van der Waals surface area contributed by atoms with E-state index in [1.54, 1.807) is 12.1 Å². The number of benzene rings is 2. The van der Waals surface area contributed by atoms with E-state index >= 15 is 0 Å². The molecule has 0 atom stereocenters. The van der Waals surface area contributed by atoms with E-state index < -0.39 is 4.92 Å². The molecule has 21 heavy (non-hydrogen) atoms. The first-order valence-corrected chi connectivity index (χ1v) is 6.85. The molecule has 0 radical (unpaired) electrons. The summed E-state index contributed by atoms with van der Waals surface area (Å²) in [6.45, 7) is 2.03. The maximum absolute atomic E-state index is 12.0. The van der Waals surface area contributed by atoms with Gasteiger partial charge in [0.2, 0.25) is 0 Å². The number of hydrogen-bond donors (Lipinski definition) is 0. The Labute approximate surface area is 123 Å². The second kappa shape index (κ2) is 6.79. The third-order valence-electron chi connectivity index (χ3n) is 3.32. The summed E-state index contributed by atoms with van der Waals surface area (Å²) in [6, 6.07) is 14.3. The molecule has 0 aliphatic rings. The number of nitrogens with zero attached hydrogens (tertiary/aromatic N) is 1. The van der Waals surface area contributed by atoms with Crippen LogP contribution in [0.3, 0.4) is 0 Å². The highest BCUT2D eigenvalue weighted by molar-refractivity contribution is 5.81. The Morgan fingerprint density at radius 3 is 2.43 bits per heavy atom. The molecule has 0 saturated carbocycles. The second-order valence-electron chi connectivity index (χ2n) is 5.13. The number of nitro benzene ring substituents is 1. The van der Waals surface area contributed by atoms with Crippen LogP contribution in [-0.2, 0) is 17.6 Å². The predicted molar refractivity (Wildman–Crippen MR) is 81.3 cm³/mol. The van der Waals surface area contributed by atoms with Crippen molar-refractivity contribution in [1.29, 1.82) is 0 Å². The molecule has 2 rings (SSSR count). The molecular weight excluding hydrogens is 266 g/mol. The molecule has 4 heteroatoms. The fourth-order valence-electron chi connectivity index (χ4n) is 2.20. The van der Waals surface area contributed by atoms with E-state index in [0.29, 0.717) is 12.8 Å². The highest BCUT2D eigenvalue weighted by Crippen LogP contribution is 2.13. The lowest BCUT2D eigenvalue weighted by Crippen LogP contribution is -2.04. The zero-order chi connectivity index (χ0) is 15.2. The molecule has 4 nitrogen and oxygen atoms in total. The predicted octanol–water partition coefficient (Wildman–Crippen LogP) is 3.65. The Morgan fingerprint density at radius 2 is 1.81 bits per heavy atom. The van der Waals surface area contributed by atoms with Gasteiger partial charge in [0, 0.05) is 25.0 Å². The van der Waals surface area contributed by atoms with Crippen LogP contribution in [0.5, 0.6) is 0 Å². The number of rotatable bonds is 6. The first-order chi connectivity index (χ1) is 10.0. The van der Waals surface area contributed by atoms with E-state index in [1.807, 2.05) is 25.1 Å². The van der Waals surface area contributed by atoms with Crippen LogP contribution in [0, 0.1) is 17.0 Å². The molecule has 0 aliphatic heterocycles. The summed E-state index contributed by atoms with van der Waals surface area (Å²) < 4.78 is 0. The molecule has 0 fully saturated rings. The molecule has 0 amide bonds. The monoisotopic (exact) mass is 283 g/mol. The summed E-state index contributed by atoms with van der Waals surface area (Å²) in [5, 5.41) is 10.6. The van der Waals surface area contributed by atoms with Crippen molar-refractivity contribution in [2.24, 2.45) is 0 Å². The van der Waals surface area contributed by atoms with Gasteiger partial charge in [-0.3, -0.25) is 14.9 Å². The number of non-ortho nitro benzene ring substituents is 1. The van der Waals surface area contributed by atoms with Crippen LogP contribution in [-0.4, -0.2) is 10.7 Å². The van der Waals surface area contributed by atoms with Gasteiger partial charge in [-0.25, -0.2) is 0 Å². The lowest BCUT2D eigenvalue weighted by molar-refractivity contribution is -0.384. The van der Waals surface area contributed by atoms with Gasteiger partial charge >= 0.3 is 0 Å². The van der Waals surface area contributed by atoms with Crippen molar-refractivity contribution >= 4 is 11.5 Å². The lowest BCUT2D eigenvalue weighted by Gasteiger charge is -2.03. The molecule has 2 aromatic rings. The molecule has 0 unspecified atom stereocenters. The van der Waals surface area contributed by atoms with Crippen molar-refractivity contribution in [3.8, 4) is 0 Å². The van der Waals surface area contributed by atoms with Crippen molar-refractivity contribution in [1.82, 2.24) is 0 Å². The first kappa shape index (κ1) is 14.9. The van der Waals surface area contributed by atoms with Gasteiger partial charge < -0.3 is 0 Å². The van der Waals surface area contributed by atoms with E-state index in [0.717, 1.165) is 17.5 Å². The summed E-state index contributed by atoms with van der Waals surface area (Å²) in [5.41, 5.74) is 3.21. The third-order valence-corrected chi connectivity index (χ3v) is 3.32. The van der Waals surface area contributed by atoms with E-state index in [1.165, 1.54) is 17.7 Å². The van der Waals surface area contributed by atoms with Crippen molar-refractivity contribution in [3.05, 3.63) is 75.3 Å². The number of carbonyl (C=O) groups excluding carboxylic acids is 1. The Hall–Kier alpha value is -2.49. The minimum atomic E-state index is -0.441. The Morgan fingerprint density at radius 1 is 1.10 bits per heavy atom. The zero-order valence-electron chi connectivity index (χ0n) is 11.9. The number of ketones is 1. The van der Waals surface area contributed by atoms with Crippen LogP contribution in [0.4, 0.5) is 5.69 Å². The molecule has 108 valence electrons. The number of Topliss-reactive ketones (excluding diaryl/α,β-unsaturated/α-hetero) is 1. The quantitative estimate of drug-likeness (QED) is 0.600. The second-order valence-corrected chi connectivity index (χ2v) is 5.13. The Kier molecular flexibility index (Phi) is 4.82. The van der Waals surface area contributed by atoms with Gasteiger partial charge in [-0.2, -0.15) is 0 Å². The number of nitro groups is 1. The molecule has 0 saturated heterocycles. The average molecular weight is 283 g/mol. The van der Waals surface area contributed by atoms with E-state index in [-0.39, 0.29) is 11.5 Å². The first-order valence-electron chi connectivity index (χ1n) is 6.85. The number of hydrogen-bond acceptors (Lipinski definition) is 3. The highest BCUT2D eigenvalue weighted by Gasteiger charge is 2.08. The standard InChI is InChI=1S/C17H17NO3/c1-13-3-2-4-14(11-13)7-10-17(19)12-15-5-8-16(9-6-15)18(20)21/h2-6,8-9,11H,7,10,12H2,1H3. The summed E-state index contributed by atoms with van der Waals surface area (Å²) >= 11 is 0. The molecule has 0 aliphatic carbocycles. The molecule has 0 aromatic heterocycles. The normalized spacial score (nSPS) is 10.3. The van der Waals surface area contributed by atoms with Gasteiger partial charge in [-0.15, -0.1) is 0 Å². The topological polar surface area (TPSA) is 60.2 Å².